The molecule has 0 saturated carbocycles. The first-order valence-corrected chi connectivity index (χ1v) is 8.20. The minimum atomic E-state index is -1.11. The lowest BCUT2D eigenvalue weighted by Gasteiger charge is -2.36. The number of hydrogen-bond donors (Lipinski definition) is 4. The van der Waals surface area contributed by atoms with E-state index in [2.05, 4.69) is 19.2 Å². The Balaban J connectivity index is 4.62. The van der Waals surface area contributed by atoms with Gasteiger partial charge in [0.25, 0.3) is 0 Å². The molecule has 4 N–H and O–H groups in total. The van der Waals surface area contributed by atoms with E-state index in [4.69, 9.17) is 9.47 Å². The number of aliphatic hydroxyl groups excluding tert-OH is 3. The molecular weight excluding hydrogens is 300 g/mol. The fourth-order valence-electron chi connectivity index (χ4n) is 2.48. The third-order valence-electron chi connectivity index (χ3n) is 3.39. The summed E-state index contributed by atoms with van der Waals surface area (Å²) >= 11 is 0. The second-order valence-electron chi connectivity index (χ2n) is 7.28. The SMILES string of the molecule is CC(C)C[C@](C)(CC(O)OC[C@H](O)N(C)C)NC(O)OC(C)C. The summed E-state index contributed by atoms with van der Waals surface area (Å²) in [4.78, 5) is 1.60. The Hall–Kier alpha value is -0.280. The van der Waals surface area contributed by atoms with Gasteiger partial charge in [-0.2, -0.15) is 0 Å². The molecule has 0 aliphatic carbocycles. The molecule has 0 aliphatic rings. The summed E-state index contributed by atoms with van der Waals surface area (Å²) in [6.07, 6.45) is -2.06. The zero-order valence-electron chi connectivity index (χ0n) is 15.6. The van der Waals surface area contributed by atoms with Gasteiger partial charge in [-0.05, 0) is 47.2 Å². The van der Waals surface area contributed by atoms with Gasteiger partial charge in [0.15, 0.2) is 6.29 Å². The van der Waals surface area contributed by atoms with Crippen molar-refractivity contribution in [3.63, 3.8) is 0 Å². The monoisotopic (exact) mass is 336 g/mol. The molecule has 0 fully saturated rings. The van der Waals surface area contributed by atoms with Crippen LogP contribution in [0.3, 0.4) is 0 Å². The number of nitrogens with one attached hydrogen (secondary N) is 1. The van der Waals surface area contributed by atoms with Crippen molar-refractivity contribution in [3.8, 4) is 0 Å². The van der Waals surface area contributed by atoms with Gasteiger partial charge >= 0.3 is 0 Å². The molecule has 23 heavy (non-hydrogen) atoms. The van der Waals surface area contributed by atoms with E-state index < -0.39 is 24.5 Å². The molecular formula is C16H36N2O5. The zero-order valence-corrected chi connectivity index (χ0v) is 15.6. The molecule has 0 aromatic carbocycles. The first kappa shape index (κ1) is 22.7. The molecule has 0 aromatic rings. The summed E-state index contributed by atoms with van der Waals surface area (Å²) in [7, 11) is 3.45. The smallest absolute Gasteiger partial charge is 0.214 e. The quantitative estimate of drug-likeness (QED) is 0.390. The third kappa shape index (κ3) is 11.0. The highest BCUT2D eigenvalue weighted by atomic mass is 16.6. The molecule has 7 heteroatoms. The van der Waals surface area contributed by atoms with E-state index in [0.29, 0.717) is 5.92 Å². The van der Waals surface area contributed by atoms with Crippen LogP contribution in [0.5, 0.6) is 0 Å². The molecule has 0 rings (SSSR count). The fraction of sp³-hybridized carbons (Fsp3) is 1.00. The second-order valence-corrected chi connectivity index (χ2v) is 7.28. The van der Waals surface area contributed by atoms with Crippen molar-refractivity contribution >= 4 is 0 Å². The summed E-state index contributed by atoms with van der Waals surface area (Å²) in [5.41, 5.74) is -0.565. The van der Waals surface area contributed by atoms with Gasteiger partial charge in [-0.25, -0.2) is 0 Å². The molecule has 0 amide bonds. The molecule has 7 nitrogen and oxygen atoms in total. The van der Waals surface area contributed by atoms with Crippen LogP contribution in [0, 0.1) is 5.92 Å². The lowest BCUT2D eigenvalue weighted by molar-refractivity contribution is -0.178. The van der Waals surface area contributed by atoms with E-state index in [1.54, 1.807) is 19.0 Å². The summed E-state index contributed by atoms with van der Waals surface area (Å²) in [6.45, 7) is 9.74. The normalized spacial score (nSPS) is 19.2. The number of ether oxygens (including phenoxy) is 2. The molecule has 0 heterocycles. The highest BCUT2D eigenvalue weighted by molar-refractivity contribution is 4.85. The van der Waals surface area contributed by atoms with E-state index in [-0.39, 0.29) is 19.1 Å². The lowest BCUT2D eigenvalue weighted by atomic mass is 9.87. The summed E-state index contributed by atoms with van der Waals surface area (Å²) in [5, 5.41) is 32.8. The second kappa shape index (κ2) is 10.6. The highest BCUT2D eigenvalue weighted by Crippen LogP contribution is 2.23. The van der Waals surface area contributed by atoms with Crippen molar-refractivity contribution in [1.29, 1.82) is 0 Å². The predicted octanol–water partition coefficient (Wildman–Crippen LogP) is 0.687. The van der Waals surface area contributed by atoms with Gasteiger partial charge in [0.1, 0.15) is 6.23 Å². The maximum Gasteiger partial charge on any atom is 0.214 e. The van der Waals surface area contributed by atoms with E-state index in [9.17, 15) is 15.3 Å². The zero-order chi connectivity index (χ0) is 18.2. The average Bonchev–Trinajstić information content (AvgIpc) is 2.32. The van der Waals surface area contributed by atoms with Crippen LogP contribution in [0.2, 0.25) is 0 Å². The average molecular weight is 336 g/mol. The van der Waals surface area contributed by atoms with Crippen molar-refractivity contribution in [2.45, 2.75) is 78.0 Å². The molecule has 2 unspecified atom stereocenters. The van der Waals surface area contributed by atoms with Gasteiger partial charge in [0, 0.05) is 12.0 Å². The van der Waals surface area contributed by atoms with Crippen LogP contribution in [0.4, 0.5) is 0 Å². The van der Waals surface area contributed by atoms with Gasteiger partial charge in [-0.3, -0.25) is 10.2 Å². The first-order chi connectivity index (χ1) is 10.4. The number of aliphatic hydroxyl groups is 3. The third-order valence-corrected chi connectivity index (χ3v) is 3.39. The Morgan fingerprint density at radius 2 is 1.61 bits per heavy atom. The Labute approximate surface area is 140 Å². The molecule has 0 radical (unpaired) electrons. The minimum absolute atomic E-state index is 0.0109. The van der Waals surface area contributed by atoms with Crippen molar-refractivity contribution in [3.05, 3.63) is 0 Å². The molecule has 0 spiro atoms. The summed E-state index contributed by atoms with van der Waals surface area (Å²) in [5.74, 6) is 0.360. The van der Waals surface area contributed by atoms with E-state index >= 15 is 0 Å². The molecule has 140 valence electrons. The topological polar surface area (TPSA) is 94.4 Å². The van der Waals surface area contributed by atoms with Crippen LogP contribution in [-0.2, 0) is 9.47 Å². The van der Waals surface area contributed by atoms with Gasteiger partial charge in [-0.1, -0.05) is 13.8 Å². The lowest BCUT2D eigenvalue weighted by Crippen LogP contribution is -2.52. The van der Waals surface area contributed by atoms with Crippen LogP contribution in [0.25, 0.3) is 0 Å². The number of nitrogens with zero attached hydrogens (tertiary/aromatic N) is 1. The molecule has 0 aliphatic heterocycles. The predicted molar refractivity (Wildman–Crippen MR) is 89.5 cm³/mol. The number of rotatable bonds is 12. The van der Waals surface area contributed by atoms with Crippen LogP contribution in [0.1, 0.15) is 47.5 Å². The molecule has 0 aromatic heterocycles. The van der Waals surface area contributed by atoms with Crippen LogP contribution in [-0.4, -0.2) is 71.5 Å². The van der Waals surface area contributed by atoms with Crippen LogP contribution < -0.4 is 5.32 Å². The Bertz CT molecular complexity index is 315. The molecule has 4 atom stereocenters. The van der Waals surface area contributed by atoms with Crippen molar-refractivity contribution in [2.24, 2.45) is 5.92 Å². The highest BCUT2D eigenvalue weighted by Gasteiger charge is 2.31. The Morgan fingerprint density at radius 1 is 1.04 bits per heavy atom. The Kier molecular flexibility index (Phi) is 10.4. The number of likely N-dealkylation sites (N-methyl/N-ethyl adjacent to an activating group) is 1. The number of hydrogen-bond acceptors (Lipinski definition) is 7. The maximum atomic E-state index is 10.1. The van der Waals surface area contributed by atoms with E-state index in [1.165, 1.54) is 0 Å². The van der Waals surface area contributed by atoms with Gasteiger partial charge in [0.05, 0.1) is 12.7 Å². The van der Waals surface area contributed by atoms with Crippen molar-refractivity contribution < 1.29 is 24.8 Å². The Morgan fingerprint density at radius 3 is 2.04 bits per heavy atom. The standard InChI is InChI=1S/C16H36N2O5/c1-11(2)8-16(5,17-15(21)23-12(3)4)9-14(20)22-10-13(19)18(6)7/h11-15,17,19-21H,8-10H2,1-7H3/t13-,14?,15?,16+/m0/s1. The van der Waals surface area contributed by atoms with Crippen LogP contribution >= 0.6 is 0 Å². The van der Waals surface area contributed by atoms with E-state index in [0.717, 1.165) is 6.42 Å². The van der Waals surface area contributed by atoms with Crippen molar-refractivity contribution in [1.82, 2.24) is 10.2 Å². The summed E-state index contributed by atoms with van der Waals surface area (Å²) in [6, 6.07) is 0. The van der Waals surface area contributed by atoms with Crippen molar-refractivity contribution in [2.75, 3.05) is 20.7 Å². The molecule has 0 saturated heterocycles. The maximum absolute atomic E-state index is 10.1. The van der Waals surface area contributed by atoms with Gasteiger partial charge < -0.3 is 24.8 Å². The summed E-state index contributed by atoms with van der Waals surface area (Å²) < 4.78 is 10.6. The molecule has 0 bridgehead atoms. The van der Waals surface area contributed by atoms with Gasteiger partial charge in [0.2, 0.25) is 6.41 Å². The minimum Gasteiger partial charge on any atom is -0.376 e. The van der Waals surface area contributed by atoms with E-state index in [1.807, 2.05) is 20.8 Å². The fourth-order valence-corrected chi connectivity index (χ4v) is 2.48. The van der Waals surface area contributed by atoms with Gasteiger partial charge in [-0.15, -0.1) is 0 Å². The van der Waals surface area contributed by atoms with Crippen LogP contribution in [0.15, 0.2) is 0 Å². The first-order valence-electron chi connectivity index (χ1n) is 8.20. The largest absolute Gasteiger partial charge is 0.376 e.